The molecule has 1 aromatic rings. The van der Waals surface area contributed by atoms with Crippen LogP contribution in [-0.2, 0) is 0 Å². The van der Waals surface area contributed by atoms with Crippen LogP contribution < -0.4 is 10.5 Å². The molecule has 2 rings (SSSR count). The fourth-order valence-corrected chi connectivity index (χ4v) is 3.12. The van der Waals surface area contributed by atoms with Gasteiger partial charge in [-0.3, -0.25) is 4.79 Å². The van der Waals surface area contributed by atoms with Crippen LogP contribution >= 0.6 is 11.3 Å². The summed E-state index contributed by atoms with van der Waals surface area (Å²) in [4.78, 5) is 12.3. The molecule has 0 aliphatic heterocycles. The van der Waals surface area contributed by atoms with Crippen LogP contribution in [-0.4, -0.2) is 18.7 Å². The predicted molar refractivity (Wildman–Crippen MR) is 79.1 cm³/mol. The molecular weight excluding hydrogens is 315 g/mol. The number of carbonyl (C=O) groups excluding carboxylic acids is 1. The van der Waals surface area contributed by atoms with Crippen LogP contribution in [0.1, 0.15) is 27.9 Å². The number of hydrogen-bond donors (Lipinski definition) is 1. The first-order valence-electron chi connectivity index (χ1n) is 6.69. The van der Waals surface area contributed by atoms with Gasteiger partial charge in [0.15, 0.2) is 0 Å². The van der Waals surface area contributed by atoms with Gasteiger partial charge in [0.1, 0.15) is 17.2 Å². The third-order valence-corrected chi connectivity index (χ3v) is 4.34. The van der Waals surface area contributed by atoms with Crippen molar-refractivity contribution in [2.24, 2.45) is 11.7 Å². The summed E-state index contributed by atoms with van der Waals surface area (Å²) in [5.74, 6) is -0.384. The van der Waals surface area contributed by atoms with E-state index in [1.54, 1.807) is 13.0 Å². The highest BCUT2D eigenvalue weighted by Crippen LogP contribution is 2.36. The molecule has 0 saturated heterocycles. The van der Waals surface area contributed by atoms with Gasteiger partial charge in [-0.2, -0.15) is 13.2 Å². The molecule has 0 fully saturated rings. The molecule has 0 aromatic carbocycles. The molecule has 1 heterocycles. The number of nitrogens with two attached hydrogens (primary N) is 1. The average Bonchev–Trinajstić information content (AvgIpc) is 2.76. The molecule has 2 N–H and O–H groups in total. The Kier molecular flexibility index (Phi) is 4.65. The smallest absolute Gasteiger partial charge is 0.416 e. The van der Waals surface area contributed by atoms with Crippen LogP contribution in [0.4, 0.5) is 13.2 Å². The van der Waals surface area contributed by atoms with Crippen LogP contribution in [0, 0.1) is 12.8 Å². The van der Waals surface area contributed by atoms with E-state index in [-0.39, 0.29) is 35.1 Å². The number of primary amides is 1. The molecule has 7 heteroatoms. The minimum atomic E-state index is -4.41. The molecule has 1 amide bonds. The van der Waals surface area contributed by atoms with Gasteiger partial charge in [-0.25, -0.2) is 0 Å². The quantitative estimate of drug-likeness (QED) is 0.907. The van der Waals surface area contributed by atoms with E-state index in [4.69, 9.17) is 10.5 Å². The number of thiophene rings is 1. The molecule has 0 spiro atoms. The van der Waals surface area contributed by atoms with Crippen molar-refractivity contribution in [3.05, 3.63) is 39.1 Å². The molecule has 0 saturated carbocycles. The van der Waals surface area contributed by atoms with Gasteiger partial charge in [-0.15, -0.1) is 11.3 Å². The highest BCUT2D eigenvalue weighted by molar-refractivity contribution is 7.14. The maximum Gasteiger partial charge on any atom is 0.416 e. The Hall–Kier alpha value is -1.76. The van der Waals surface area contributed by atoms with E-state index >= 15 is 0 Å². The molecule has 1 atom stereocenters. The van der Waals surface area contributed by atoms with Gasteiger partial charge in [0, 0.05) is 4.88 Å². The zero-order valence-corrected chi connectivity index (χ0v) is 13.0. The molecule has 3 nitrogen and oxygen atoms in total. The second kappa shape index (κ2) is 6.16. The van der Waals surface area contributed by atoms with Crippen molar-refractivity contribution in [2.75, 3.05) is 6.61 Å². The SMILES string of the molecule is Cc1cc(OCC2=C(C(F)(F)F)C=CC(C)C2)c(C(N)=O)s1. The number of carbonyl (C=O) groups is 1. The number of ether oxygens (including phenoxy) is 1. The van der Waals surface area contributed by atoms with Gasteiger partial charge in [0.05, 0.1) is 5.57 Å². The lowest BCUT2D eigenvalue weighted by molar-refractivity contribution is -0.0898. The Morgan fingerprint density at radius 1 is 1.50 bits per heavy atom. The second-order valence-corrected chi connectivity index (χ2v) is 6.52. The fourth-order valence-electron chi connectivity index (χ4n) is 2.31. The minimum Gasteiger partial charge on any atom is -0.487 e. The number of hydrogen-bond acceptors (Lipinski definition) is 3. The summed E-state index contributed by atoms with van der Waals surface area (Å²) in [6.07, 6.45) is -1.50. The Balaban J connectivity index is 2.23. The van der Waals surface area contributed by atoms with Crippen molar-refractivity contribution in [1.29, 1.82) is 0 Å². The molecule has 0 radical (unpaired) electrons. The van der Waals surface area contributed by atoms with Crippen molar-refractivity contribution < 1.29 is 22.7 Å². The molecule has 1 aliphatic rings. The summed E-state index contributed by atoms with van der Waals surface area (Å²) in [5.41, 5.74) is 4.76. The highest BCUT2D eigenvalue weighted by Gasteiger charge is 2.36. The van der Waals surface area contributed by atoms with E-state index in [1.807, 2.05) is 6.92 Å². The lowest BCUT2D eigenvalue weighted by Crippen LogP contribution is -2.20. The summed E-state index contributed by atoms with van der Waals surface area (Å²) >= 11 is 1.16. The van der Waals surface area contributed by atoms with E-state index in [9.17, 15) is 18.0 Å². The van der Waals surface area contributed by atoms with Crippen LogP contribution in [0.5, 0.6) is 5.75 Å². The maximum atomic E-state index is 13.0. The number of amides is 1. The molecule has 1 aliphatic carbocycles. The summed E-state index contributed by atoms with van der Waals surface area (Å²) in [5, 5.41) is 0. The van der Waals surface area contributed by atoms with E-state index in [1.165, 1.54) is 6.08 Å². The van der Waals surface area contributed by atoms with Crippen LogP contribution in [0.15, 0.2) is 29.4 Å². The number of allylic oxidation sites excluding steroid dienone is 3. The van der Waals surface area contributed by atoms with E-state index < -0.39 is 17.7 Å². The van der Waals surface area contributed by atoms with Crippen LogP contribution in [0.3, 0.4) is 0 Å². The summed E-state index contributed by atoms with van der Waals surface area (Å²) in [7, 11) is 0. The van der Waals surface area contributed by atoms with Gasteiger partial charge >= 0.3 is 6.18 Å². The van der Waals surface area contributed by atoms with Crippen molar-refractivity contribution in [1.82, 2.24) is 0 Å². The van der Waals surface area contributed by atoms with Gasteiger partial charge in [-0.1, -0.05) is 19.1 Å². The first kappa shape index (κ1) is 16.6. The molecule has 120 valence electrons. The zero-order chi connectivity index (χ0) is 16.5. The summed E-state index contributed by atoms with van der Waals surface area (Å²) in [6, 6.07) is 1.61. The Bertz CT molecular complexity index is 644. The van der Waals surface area contributed by atoms with Crippen molar-refractivity contribution >= 4 is 17.2 Å². The topological polar surface area (TPSA) is 52.3 Å². The van der Waals surface area contributed by atoms with Crippen LogP contribution in [0.25, 0.3) is 0 Å². The molecule has 1 aromatic heterocycles. The molecule has 0 bridgehead atoms. The average molecular weight is 331 g/mol. The third-order valence-electron chi connectivity index (χ3n) is 3.29. The van der Waals surface area contributed by atoms with Gasteiger partial charge < -0.3 is 10.5 Å². The van der Waals surface area contributed by atoms with Crippen molar-refractivity contribution in [2.45, 2.75) is 26.4 Å². The largest absolute Gasteiger partial charge is 0.487 e. The standard InChI is InChI=1S/C15H16F3NO2S/c1-8-3-4-11(15(16,17)18)10(5-8)7-21-12-6-9(2)22-13(12)14(19)20/h3-4,6,8H,5,7H2,1-2H3,(H2,19,20). The highest BCUT2D eigenvalue weighted by atomic mass is 32.1. The summed E-state index contributed by atoms with van der Waals surface area (Å²) in [6.45, 7) is 3.41. The predicted octanol–water partition coefficient (Wildman–Crippen LogP) is 3.99. The lowest BCUT2D eigenvalue weighted by atomic mass is 9.91. The lowest BCUT2D eigenvalue weighted by Gasteiger charge is -2.22. The first-order valence-corrected chi connectivity index (χ1v) is 7.50. The zero-order valence-electron chi connectivity index (χ0n) is 12.2. The molecule has 1 unspecified atom stereocenters. The van der Waals surface area contributed by atoms with Crippen molar-refractivity contribution in [3.8, 4) is 5.75 Å². The Morgan fingerprint density at radius 2 is 2.18 bits per heavy atom. The maximum absolute atomic E-state index is 13.0. The number of aryl methyl sites for hydroxylation is 1. The van der Waals surface area contributed by atoms with Gasteiger partial charge in [0.2, 0.25) is 0 Å². The number of halogens is 3. The third kappa shape index (κ3) is 3.71. The number of alkyl halides is 3. The minimum absolute atomic E-state index is 0.0181. The van der Waals surface area contributed by atoms with Crippen LogP contribution in [0.2, 0.25) is 0 Å². The molecular formula is C15H16F3NO2S. The second-order valence-electron chi connectivity index (χ2n) is 5.26. The van der Waals surface area contributed by atoms with Crippen molar-refractivity contribution in [3.63, 3.8) is 0 Å². The van der Waals surface area contributed by atoms with E-state index in [2.05, 4.69) is 0 Å². The van der Waals surface area contributed by atoms with Gasteiger partial charge in [-0.05, 0) is 30.9 Å². The van der Waals surface area contributed by atoms with E-state index in [0.717, 1.165) is 22.3 Å². The monoisotopic (exact) mass is 331 g/mol. The van der Waals surface area contributed by atoms with Gasteiger partial charge in [0.25, 0.3) is 5.91 Å². The first-order chi connectivity index (χ1) is 10.2. The Labute approximate surface area is 130 Å². The normalized spacial score (nSPS) is 18.7. The fraction of sp³-hybridized carbons (Fsp3) is 0.400. The van der Waals surface area contributed by atoms with E-state index in [0.29, 0.717) is 0 Å². The number of rotatable bonds is 4. The summed E-state index contributed by atoms with van der Waals surface area (Å²) < 4.78 is 44.5. The molecule has 22 heavy (non-hydrogen) atoms. The Morgan fingerprint density at radius 3 is 2.77 bits per heavy atom.